The molecule has 0 radical (unpaired) electrons. The van der Waals surface area contributed by atoms with Gasteiger partial charge in [-0.15, -0.1) is 0 Å². The van der Waals surface area contributed by atoms with E-state index in [-0.39, 0.29) is 6.04 Å². The van der Waals surface area contributed by atoms with Crippen LogP contribution in [0.15, 0.2) is 18.2 Å². The number of hydrogen-bond donors (Lipinski definition) is 2. The molecule has 0 aromatic heterocycles. The maximum Gasteiger partial charge on any atom is 0.162 e. The lowest BCUT2D eigenvalue weighted by Gasteiger charge is -2.17. The molecule has 0 saturated heterocycles. The lowest BCUT2D eigenvalue weighted by Crippen LogP contribution is -2.37. The van der Waals surface area contributed by atoms with Crippen LogP contribution >= 0.6 is 0 Å². The van der Waals surface area contributed by atoms with Gasteiger partial charge >= 0.3 is 0 Å². The van der Waals surface area contributed by atoms with E-state index in [1.165, 1.54) is 6.07 Å². The summed E-state index contributed by atoms with van der Waals surface area (Å²) in [5.74, 6) is 4.54. The van der Waals surface area contributed by atoms with Crippen LogP contribution < -0.4 is 11.3 Å². The monoisotopic (exact) mass is 256 g/mol. The number of rotatable bonds is 7. The van der Waals surface area contributed by atoms with E-state index >= 15 is 0 Å². The minimum absolute atomic E-state index is 0.0138. The highest BCUT2D eigenvalue weighted by molar-refractivity contribution is 5.19. The van der Waals surface area contributed by atoms with Crippen LogP contribution in [0.25, 0.3) is 0 Å². The molecule has 1 atom stereocenters. The second-order valence-corrected chi connectivity index (χ2v) is 5.11. The fraction of sp³-hybridized carbons (Fsp3) is 0.571. The molecule has 0 bridgehead atoms. The lowest BCUT2D eigenvalue weighted by atomic mass is 9.98. The van der Waals surface area contributed by atoms with Crippen LogP contribution in [0.5, 0.6) is 0 Å². The van der Waals surface area contributed by atoms with Gasteiger partial charge in [-0.25, -0.2) is 8.78 Å². The number of benzene rings is 1. The molecule has 0 amide bonds. The predicted molar refractivity (Wildman–Crippen MR) is 69.9 cm³/mol. The molecule has 0 fully saturated rings. The van der Waals surface area contributed by atoms with E-state index < -0.39 is 11.6 Å². The first-order valence-electron chi connectivity index (χ1n) is 6.43. The van der Waals surface area contributed by atoms with Gasteiger partial charge in [-0.1, -0.05) is 38.8 Å². The summed E-state index contributed by atoms with van der Waals surface area (Å²) in [5, 5.41) is 0. The van der Waals surface area contributed by atoms with Crippen LogP contribution in [0.2, 0.25) is 0 Å². The molecule has 1 aromatic carbocycles. The van der Waals surface area contributed by atoms with Crippen molar-refractivity contribution in [2.75, 3.05) is 0 Å². The predicted octanol–water partition coefficient (Wildman–Crippen LogP) is 3.17. The summed E-state index contributed by atoms with van der Waals surface area (Å²) >= 11 is 0. The van der Waals surface area contributed by atoms with Gasteiger partial charge in [-0.05, 0) is 30.4 Å². The second kappa shape index (κ2) is 7.44. The van der Waals surface area contributed by atoms with E-state index in [0.29, 0.717) is 17.9 Å². The average molecular weight is 256 g/mol. The number of halogens is 2. The Morgan fingerprint density at radius 3 is 2.56 bits per heavy atom. The van der Waals surface area contributed by atoms with Gasteiger partial charge in [0.15, 0.2) is 11.6 Å². The van der Waals surface area contributed by atoms with Crippen molar-refractivity contribution >= 4 is 0 Å². The fourth-order valence-corrected chi connectivity index (χ4v) is 1.99. The van der Waals surface area contributed by atoms with Crippen molar-refractivity contribution in [2.45, 2.75) is 45.6 Å². The molecule has 0 aliphatic rings. The third-order valence-electron chi connectivity index (χ3n) is 3.07. The molecule has 1 rings (SSSR count). The van der Waals surface area contributed by atoms with Gasteiger partial charge in [0.25, 0.3) is 0 Å². The number of hydrazine groups is 1. The summed E-state index contributed by atoms with van der Waals surface area (Å²) in [6, 6.07) is 4.24. The molecule has 0 aliphatic heterocycles. The maximum absolute atomic E-state index is 13.5. The van der Waals surface area contributed by atoms with E-state index in [0.717, 1.165) is 25.3 Å². The van der Waals surface area contributed by atoms with E-state index in [2.05, 4.69) is 19.3 Å². The molecular weight excluding hydrogens is 234 g/mol. The van der Waals surface area contributed by atoms with Gasteiger partial charge < -0.3 is 0 Å². The standard InChI is InChI=1S/C14H22F2N2/c1-10(2)5-3-7-12(18-17)9-11-6-4-8-13(15)14(11)16/h4,6,8,10,12,18H,3,5,7,9,17H2,1-2H3. The molecule has 0 heterocycles. The first kappa shape index (κ1) is 15.1. The van der Waals surface area contributed by atoms with Crippen molar-refractivity contribution in [3.05, 3.63) is 35.4 Å². The normalized spacial score (nSPS) is 13.0. The quantitative estimate of drug-likeness (QED) is 0.581. The number of hydrogen-bond acceptors (Lipinski definition) is 2. The van der Waals surface area contributed by atoms with Crippen molar-refractivity contribution in [1.82, 2.24) is 5.43 Å². The Morgan fingerprint density at radius 1 is 1.22 bits per heavy atom. The van der Waals surface area contributed by atoms with Crippen molar-refractivity contribution in [3.8, 4) is 0 Å². The third kappa shape index (κ3) is 4.70. The zero-order valence-corrected chi connectivity index (χ0v) is 11.0. The highest BCUT2D eigenvalue weighted by Crippen LogP contribution is 2.16. The van der Waals surface area contributed by atoms with Crippen LogP contribution in [-0.4, -0.2) is 6.04 Å². The van der Waals surface area contributed by atoms with Crippen LogP contribution in [-0.2, 0) is 6.42 Å². The van der Waals surface area contributed by atoms with E-state index in [1.807, 2.05) is 0 Å². The summed E-state index contributed by atoms with van der Waals surface area (Å²) in [6.07, 6.45) is 3.43. The summed E-state index contributed by atoms with van der Waals surface area (Å²) in [6.45, 7) is 4.33. The first-order valence-corrected chi connectivity index (χ1v) is 6.43. The molecule has 0 saturated carbocycles. The van der Waals surface area contributed by atoms with Crippen LogP contribution in [0.3, 0.4) is 0 Å². The van der Waals surface area contributed by atoms with Gasteiger partial charge in [0.05, 0.1) is 0 Å². The SMILES string of the molecule is CC(C)CCCC(Cc1cccc(F)c1F)NN. The Hall–Kier alpha value is -1.00. The minimum Gasteiger partial charge on any atom is -0.271 e. The molecule has 0 aliphatic carbocycles. The molecule has 4 heteroatoms. The number of nitrogens with two attached hydrogens (primary N) is 1. The summed E-state index contributed by atoms with van der Waals surface area (Å²) in [7, 11) is 0. The zero-order valence-electron chi connectivity index (χ0n) is 11.0. The average Bonchev–Trinajstić information content (AvgIpc) is 2.33. The first-order chi connectivity index (χ1) is 8.54. The highest BCUT2D eigenvalue weighted by Gasteiger charge is 2.13. The van der Waals surface area contributed by atoms with Crippen molar-refractivity contribution in [2.24, 2.45) is 11.8 Å². The smallest absolute Gasteiger partial charge is 0.162 e. The second-order valence-electron chi connectivity index (χ2n) is 5.11. The van der Waals surface area contributed by atoms with E-state index in [1.54, 1.807) is 6.07 Å². The van der Waals surface area contributed by atoms with E-state index in [4.69, 9.17) is 5.84 Å². The van der Waals surface area contributed by atoms with Crippen molar-refractivity contribution < 1.29 is 8.78 Å². The molecule has 1 unspecified atom stereocenters. The maximum atomic E-state index is 13.5. The Bertz CT molecular complexity index is 367. The van der Waals surface area contributed by atoms with Crippen LogP contribution in [0, 0.1) is 17.6 Å². The van der Waals surface area contributed by atoms with Gasteiger partial charge in [0, 0.05) is 6.04 Å². The summed E-state index contributed by atoms with van der Waals surface area (Å²) in [5.41, 5.74) is 3.06. The molecule has 2 nitrogen and oxygen atoms in total. The molecule has 102 valence electrons. The molecule has 3 N–H and O–H groups in total. The van der Waals surface area contributed by atoms with Gasteiger partial charge in [-0.3, -0.25) is 11.3 Å². The Balaban J connectivity index is 2.54. The van der Waals surface area contributed by atoms with Gasteiger partial charge in [-0.2, -0.15) is 0 Å². The summed E-state index contributed by atoms with van der Waals surface area (Å²) in [4.78, 5) is 0. The van der Waals surface area contributed by atoms with Crippen LogP contribution in [0.1, 0.15) is 38.7 Å². The highest BCUT2D eigenvalue weighted by atomic mass is 19.2. The topological polar surface area (TPSA) is 38.0 Å². The Labute approximate surface area is 108 Å². The van der Waals surface area contributed by atoms with Crippen LogP contribution in [0.4, 0.5) is 8.78 Å². The van der Waals surface area contributed by atoms with Gasteiger partial charge in [0.1, 0.15) is 0 Å². The largest absolute Gasteiger partial charge is 0.271 e. The number of nitrogens with one attached hydrogen (secondary N) is 1. The minimum atomic E-state index is -0.801. The summed E-state index contributed by atoms with van der Waals surface area (Å²) < 4.78 is 26.6. The lowest BCUT2D eigenvalue weighted by molar-refractivity contribution is 0.430. The third-order valence-corrected chi connectivity index (χ3v) is 3.07. The molecular formula is C14H22F2N2. The fourth-order valence-electron chi connectivity index (χ4n) is 1.99. The van der Waals surface area contributed by atoms with Crippen molar-refractivity contribution in [1.29, 1.82) is 0 Å². The Morgan fingerprint density at radius 2 is 1.94 bits per heavy atom. The molecule has 0 spiro atoms. The van der Waals surface area contributed by atoms with E-state index in [9.17, 15) is 8.78 Å². The molecule has 1 aromatic rings. The van der Waals surface area contributed by atoms with Crippen molar-refractivity contribution in [3.63, 3.8) is 0 Å². The molecule has 18 heavy (non-hydrogen) atoms. The Kier molecular flexibility index (Phi) is 6.22. The van der Waals surface area contributed by atoms with Gasteiger partial charge in [0.2, 0.25) is 0 Å². The zero-order chi connectivity index (χ0) is 13.5.